The fourth-order valence-electron chi connectivity index (χ4n) is 4.85. The van der Waals surface area contributed by atoms with Gasteiger partial charge in [0.05, 0.1) is 0 Å². The summed E-state index contributed by atoms with van der Waals surface area (Å²) in [6.07, 6.45) is 7.96. The van der Waals surface area contributed by atoms with Crippen molar-refractivity contribution in [1.29, 1.82) is 0 Å². The van der Waals surface area contributed by atoms with Crippen LogP contribution in [0.3, 0.4) is 0 Å². The molecule has 0 amide bonds. The van der Waals surface area contributed by atoms with Crippen LogP contribution in [0.5, 0.6) is 5.75 Å². The molecular weight excluding hydrogens is 504 g/mol. The number of ether oxygens (including phenoxy) is 1. The van der Waals surface area contributed by atoms with E-state index in [4.69, 9.17) is 0 Å². The molecule has 5 rings (SSSR count). The van der Waals surface area contributed by atoms with Gasteiger partial charge in [-0.2, -0.15) is 8.78 Å². The molecule has 3 aliphatic rings. The molecule has 0 spiro atoms. The highest BCUT2D eigenvalue weighted by Crippen LogP contribution is 2.24. The van der Waals surface area contributed by atoms with Gasteiger partial charge in [0.1, 0.15) is 5.75 Å². The maximum absolute atomic E-state index is 12.4. The Bertz CT molecular complexity index is 1050. The summed E-state index contributed by atoms with van der Waals surface area (Å²) in [5, 5.41) is 0. The summed E-state index contributed by atoms with van der Waals surface area (Å²) in [7, 11) is 0. The fraction of sp³-hybridized carbons (Fsp3) is 0.529. The molecular formula is C34H49F2N3O. The number of anilines is 1. The summed E-state index contributed by atoms with van der Waals surface area (Å²) >= 11 is 0. The minimum atomic E-state index is -3.10. The second-order valence-corrected chi connectivity index (χ2v) is 10.9. The SMILES string of the molecule is C1CC1.C=Cc1ccc(N2CCN(CC(=C)N3CCCC3)CC2)cc1CC.CCc1ccc(OC(C)(F)F)cc1. The van der Waals surface area contributed by atoms with Crippen LogP contribution in [0, 0.1) is 0 Å². The molecule has 0 unspecified atom stereocenters. The standard InChI is InChI=1S/C21H31N3.C10H12F2O.C3H6/c1-4-19-8-9-21(16-20(19)5-2)24-14-12-22(13-15-24)17-18(3)23-10-6-7-11-23;1-3-8-4-6-9(7-5-8)13-10(2,11)12;1-2-3-1/h4,8-9,16H,1,3,5-7,10-15,17H2,2H3;4-7H,3H2,1-2H3;1-3H2. The van der Waals surface area contributed by atoms with E-state index in [1.165, 1.54) is 67.7 Å². The number of nitrogens with zero attached hydrogens (tertiary/aromatic N) is 3. The largest absolute Gasteiger partial charge is 0.433 e. The van der Waals surface area contributed by atoms with Crippen LogP contribution in [0.2, 0.25) is 0 Å². The van der Waals surface area contributed by atoms with Gasteiger partial charge in [-0.25, -0.2) is 0 Å². The van der Waals surface area contributed by atoms with Gasteiger partial charge in [0.2, 0.25) is 0 Å². The van der Waals surface area contributed by atoms with Crippen molar-refractivity contribution in [3.05, 3.63) is 78.0 Å². The van der Waals surface area contributed by atoms with Gasteiger partial charge < -0.3 is 14.5 Å². The number of alkyl halides is 2. The van der Waals surface area contributed by atoms with Crippen molar-refractivity contribution in [3.63, 3.8) is 0 Å². The average Bonchev–Trinajstić information content (AvgIpc) is 3.74. The predicted molar refractivity (Wildman–Crippen MR) is 165 cm³/mol. The van der Waals surface area contributed by atoms with Crippen LogP contribution in [-0.4, -0.2) is 61.7 Å². The van der Waals surface area contributed by atoms with Crippen molar-refractivity contribution in [2.75, 3.05) is 50.7 Å². The molecule has 40 heavy (non-hydrogen) atoms. The second-order valence-electron chi connectivity index (χ2n) is 10.9. The summed E-state index contributed by atoms with van der Waals surface area (Å²) in [6, 6.07) is 13.5. The molecule has 0 radical (unpaired) electrons. The Morgan fingerprint density at radius 3 is 2.00 bits per heavy atom. The Kier molecular flexibility index (Phi) is 12.5. The summed E-state index contributed by atoms with van der Waals surface area (Å²) in [5.74, 6) is 0.199. The number of halogens is 2. The lowest BCUT2D eigenvalue weighted by molar-refractivity contribution is -0.158. The Balaban J connectivity index is 0.000000230. The van der Waals surface area contributed by atoms with E-state index in [0.29, 0.717) is 0 Å². The first-order valence-electron chi connectivity index (χ1n) is 15.0. The highest BCUT2D eigenvalue weighted by molar-refractivity contribution is 5.59. The van der Waals surface area contributed by atoms with Gasteiger partial charge >= 0.3 is 6.11 Å². The number of rotatable bonds is 9. The van der Waals surface area contributed by atoms with Crippen LogP contribution in [-0.2, 0) is 12.8 Å². The van der Waals surface area contributed by atoms with Crippen molar-refractivity contribution in [3.8, 4) is 5.75 Å². The summed E-state index contributed by atoms with van der Waals surface area (Å²) < 4.78 is 29.1. The van der Waals surface area contributed by atoms with Crippen molar-refractivity contribution in [2.45, 2.75) is 71.8 Å². The van der Waals surface area contributed by atoms with E-state index in [9.17, 15) is 8.78 Å². The minimum absolute atomic E-state index is 0.199. The lowest BCUT2D eigenvalue weighted by atomic mass is 10.0. The Morgan fingerprint density at radius 1 is 0.875 bits per heavy atom. The van der Waals surface area contributed by atoms with Crippen molar-refractivity contribution < 1.29 is 13.5 Å². The van der Waals surface area contributed by atoms with Crippen LogP contribution in [0.25, 0.3) is 6.08 Å². The number of hydrogen-bond donors (Lipinski definition) is 0. The van der Waals surface area contributed by atoms with E-state index < -0.39 is 6.11 Å². The Morgan fingerprint density at radius 2 is 1.50 bits per heavy atom. The van der Waals surface area contributed by atoms with Gasteiger partial charge in [0.25, 0.3) is 0 Å². The molecule has 1 aliphatic carbocycles. The molecule has 4 nitrogen and oxygen atoms in total. The molecule has 2 aromatic rings. The average molecular weight is 554 g/mol. The molecule has 0 N–H and O–H groups in total. The van der Waals surface area contributed by atoms with Crippen LogP contribution < -0.4 is 9.64 Å². The second kappa shape index (κ2) is 15.8. The first kappa shape index (κ1) is 31.7. The monoisotopic (exact) mass is 553 g/mol. The van der Waals surface area contributed by atoms with Crippen LogP contribution in [0.4, 0.5) is 14.5 Å². The Hall–Kier alpha value is -2.86. The fourth-order valence-corrected chi connectivity index (χ4v) is 4.85. The first-order chi connectivity index (χ1) is 19.2. The normalized spacial score (nSPS) is 16.8. The van der Waals surface area contributed by atoms with Crippen molar-refractivity contribution >= 4 is 11.8 Å². The third-order valence-corrected chi connectivity index (χ3v) is 7.41. The van der Waals surface area contributed by atoms with Crippen LogP contribution in [0.15, 0.2) is 61.3 Å². The third kappa shape index (κ3) is 11.0. The quantitative estimate of drug-likeness (QED) is 0.313. The maximum atomic E-state index is 12.4. The summed E-state index contributed by atoms with van der Waals surface area (Å²) in [5.41, 5.74) is 6.43. The molecule has 0 bridgehead atoms. The lowest BCUT2D eigenvalue weighted by Gasteiger charge is -2.37. The summed E-state index contributed by atoms with van der Waals surface area (Å²) in [4.78, 5) is 7.53. The highest BCUT2D eigenvalue weighted by Gasteiger charge is 2.23. The van der Waals surface area contributed by atoms with Gasteiger partial charge in [0.15, 0.2) is 0 Å². The van der Waals surface area contributed by atoms with Gasteiger partial charge in [-0.15, -0.1) is 0 Å². The first-order valence-corrected chi connectivity index (χ1v) is 15.0. The highest BCUT2D eigenvalue weighted by atomic mass is 19.3. The van der Waals surface area contributed by atoms with Gasteiger partial charge in [0, 0.05) is 64.1 Å². The van der Waals surface area contributed by atoms with E-state index in [1.807, 2.05) is 13.0 Å². The molecule has 2 saturated heterocycles. The summed E-state index contributed by atoms with van der Waals surface area (Å²) in [6.45, 7) is 21.1. The maximum Gasteiger partial charge on any atom is 0.394 e. The van der Waals surface area contributed by atoms with E-state index in [1.54, 1.807) is 24.3 Å². The van der Waals surface area contributed by atoms with E-state index in [0.717, 1.165) is 58.1 Å². The van der Waals surface area contributed by atoms with Crippen LogP contribution in [0.1, 0.15) is 69.6 Å². The zero-order valence-corrected chi connectivity index (χ0v) is 24.9. The topological polar surface area (TPSA) is 19.0 Å². The van der Waals surface area contributed by atoms with Gasteiger partial charge in [-0.1, -0.05) is 70.5 Å². The smallest absolute Gasteiger partial charge is 0.394 e. The van der Waals surface area contributed by atoms with Crippen molar-refractivity contribution in [1.82, 2.24) is 9.80 Å². The number of benzene rings is 2. The van der Waals surface area contributed by atoms with Gasteiger partial charge in [-0.05, 0) is 66.6 Å². The zero-order valence-electron chi connectivity index (χ0n) is 24.9. The van der Waals surface area contributed by atoms with E-state index in [2.05, 4.69) is 57.7 Å². The van der Waals surface area contributed by atoms with E-state index >= 15 is 0 Å². The number of hydrogen-bond acceptors (Lipinski definition) is 4. The molecule has 6 heteroatoms. The van der Waals surface area contributed by atoms with Crippen molar-refractivity contribution in [2.24, 2.45) is 0 Å². The van der Waals surface area contributed by atoms with E-state index in [-0.39, 0.29) is 5.75 Å². The molecule has 220 valence electrons. The molecule has 0 atom stereocenters. The lowest BCUT2D eigenvalue weighted by Crippen LogP contribution is -2.47. The number of piperazine rings is 1. The minimum Gasteiger partial charge on any atom is -0.433 e. The zero-order chi connectivity index (χ0) is 29.0. The molecule has 3 fully saturated rings. The van der Waals surface area contributed by atoms with Crippen LogP contribution >= 0.6 is 0 Å². The number of aryl methyl sites for hydroxylation is 2. The molecule has 1 saturated carbocycles. The number of likely N-dealkylation sites (tertiary alicyclic amines) is 1. The molecule has 2 aliphatic heterocycles. The molecule has 2 aromatic carbocycles. The third-order valence-electron chi connectivity index (χ3n) is 7.41. The van der Waals surface area contributed by atoms with Gasteiger partial charge in [-0.3, -0.25) is 4.90 Å². The molecule has 2 heterocycles. The molecule has 0 aromatic heterocycles. The Labute approximate surface area is 241 Å². The predicted octanol–water partition coefficient (Wildman–Crippen LogP) is 8.03.